The summed E-state index contributed by atoms with van der Waals surface area (Å²) in [6, 6.07) is 15.1. The normalized spacial score (nSPS) is 11.7. The molecule has 0 aliphatic carbocycles. The Morgan fingerprint density at radius 1 is 0.773 bits per heavy atom. The quantitative estimate of drug-likeness (QED) is 0.133. The number of rotatable bonds is 14. The van der Waals surface area contributed by atoms with Crippen LogP contribution in [0.3, 0.4) is 0 Å². The lowest BCUT2D eigenvalue weighted by Crippen LogP contribution is -2.14. The van der Waals surface area contributed by atoms with Crippen molar-refractivity contribution in [2.75, 3.05) is 0 Å². The van der Waals surface area contributed by atoms with Gasteiger partial charge in [-0.2, -0.15) is 0 Å². The van der Waals surface area contributed by atoms with Crippen molar-refractivity contribution < 1.29 is 31.9 Å². The van der Waals surface area contributed by atoms with Crippen molar-refractivity contribution in [2.24, 2.45) is 0 Å². The monoisotopic (exact) mass is 595 g/mol. The number of furan rings is 2. The van der Waals surface area contributed by atoms with Gasteiger partial charge in [0.1, 0.15) is 42.1 Å². The van der Waals surface area contributed by atoms with E-state index in [9.17, 15) is 9.90 Å². The Hall–Kier alpha value is -5.71. The molecule has 0 atom stereocenters. The summed E-state index contributed by atoms with van der Waals surface area (Å²) in [5.74, 6) is 2.35. The van der Waals surface area contributed by atoms with Gasteiger partial charge in [-0.25, -0.2) is 19.3 Å². The summed E-state index contributed by atoms with van der Waals surface area (Å²) in [7, 11) is 0. The lowest BCUT2D eigenvalue weighted by molar-refractivity contribution is 0.301. The molecule has 224 valence electrons. The van der Waals surface area contributed by atoms with Crippen molar-refractivity contribution in [3.63, 3.8) is 0 Å². The average molecular weight is 596 g/mol. The summed E-state index contributed by atoms with van der Waals surface area (Å²) >= 11 is 0. The summed E-state index contributed by atoms with van der Waals surface area (Å²) < 4.78 is 33.7. The Balaban J connectivity index is 0.935. The van der Waals surface area contributed by atoms with Crippen LogP contribution in [-0.4, -0.2) is 19.6 Å². The lowest BCUT2D eigenvalue weighted by Gasteiger charge is -2.06. The molecule has 6 rings (SSSR count). The van der Waals surface area contributed by atoms with E-state index in [1.54, 1.807) is 55.2 Å². The molecule has 1 N–H and O–H groups in total. The molecule has 0 amide bonds. The van der Waals surface area contributed by atoms with Crippen molar-refractivity contribution in [3.05, 3.63) is 130 Å². The SMILES string of the molecule is O=c1oc(CCCCc2ccc(OCc3coc(C=Cc4ccco4)n3)cc2)c(O)n1Cc1coc(C=Cc2ccco2)n1. The van der Waals surface area contributed by atoms with E-state index in [1.165, 1.54) is 6.26 Å². The van der Waals surface area contributed by atoms with Gasteiger partial charge in [-0.1, -0.05) is 12.1 Å². The maximum absolute atomic E-state index is 12.4. The number of aromatic nitrogens is 3. The molecule has 0 unspecified atom stereocenters. The zero-order valence-electron chi connectivity index (χ0n) is 23.6. The molecule has 0 radical (unpaired) electrons. The number of unbranched alkanes of at least 4 members (excludes halogenated alkanes) is 1. The number of hydrogen-bond acceptors (Lipinski definition) is 10. The van der Waals surface area contributed by atoms with Crippen molar-refractivity contribution in [3.8, 4) is 11.6 Å². The zero-order valence-corrected chi connectivity index (χ0v) is 23.6. The molecule has 0 saturated heterocycles. The first-order valence-electron chi connectivity index (χ1n) is 14.0. The topological polar surface area (TPSA) is 143 Å². The number of oxazole rings is 3. The van der Waals surface area contributed by atoms with E-state index in [-0.39, 0.29) is 24.8 Å². The molecule has 6 aromatic rings. The number of aromatic hydroxyl groups is 1. The highest BCUT2D eigenvalue weighted by Crippen LogP contribution is 2.21. The molecule has 11 heteroatoms. The Morgan fingerprint density at radius 2 is 1.41 bits per heavy atom. The number of nitrogens with zero attached hydrogens (tertiary/aromatic N) is 3. The Kier molecular flexibility index (Phi) is 8.72. The Morgan fingerprint density at radius 3 is 2.07 bits per heavy atom. The van der Waals surface area contributed by atoms with Crippen molar-refractivity contribution in [2.45, 2.75) is 38.8 Å². The highest BCUT2D eigenvalue weighted by atomic mass is 16.5. The Bertz CT molecular complexity index is 1870. The van der Waals surface area contributed by atoms with Gasteiger partial charge in [-0.3, -0.25) is 0 Å². The molecule has 0 aliphatic heterocycles. The fourth-order valence-corrected chi connectivity index (χ4v) is 4.45. The van der Waals surface area contributed by atoms with Crippen LogP contribution in [0, 0.1) is 0 Å². The molecule has 0 fully saturated rings. The molecule has 0 saturated carbocycles. The molecule has 1 aromatic carbocycles. The van der Waals surface area contributed by atoms with E-state index in [2.05, 4.69) is 9.97 Å². The van der Waals surface area contributed by atoms with E-state index < -0.39 is 5.76 Å². The summed E-state index contributed by atoms with van der Waals surface area (Å²) in [4.78, 5) is 21.1. The lowest BCUT2D eigenvalue weighted by atomic mass is 10.1. The molecule has 0 bridgehead atoms. The largest absolute Gasteiger partial charge is 0.492 e. The van der Waals surface area contributed by atoms with Crippen LogP contribution in [0.2, 0.25) is 0 Å². The molecular weight excluding hydrogens is 566 g/mol. The van der Waals surface area contributed by atoms with Crippen LogP contribution in [-0.2, 0) is 26.0 Å². The minimum atomic E-state index is -0.643. The van der Waals surface area contributed by atoms with Gasteiger partial charge in [0.2, 0.25) is 17.7 Å². The second-order valence-corrected chi connectivity index (χ2v) is 9.89. The van der Waals surface area contributed by atoms with Crippen LogP contribution < -0.4 is 10.5 Å². The fraction of sp³-hybridized carbons (Fsp3) is 0.182. The molecule has 5 aromatic heterocycles. The predicted molar refractivity (Wildman–Crippen MR) is 159 cm³/mol. The van der Waals surface area contributed by atoms with Gasteiger partial charge in [-0.05, 0) is 73.4 Å². The maximum atomic E-state index is 12.4. The van der Waals surface area contributed by atoms with Crippen LogP contribution in [0.25, 0.3) is 24.3 Å². The van der Waals surface area contributed by atoms with Crippen LogP contribution >= 0.6 is 0 Å². The summed E-state index contributed by atoms with van der Waals surface area (Å²) in [5, 5.41) is 10.6. The first kappa shape index (κ1) is 28.4. The predicted octanol–water partition coefficient (Wildman–Crippen LogP) is 6.84. The van der Waals surface area contributed by atoms with Gasteiger partial charge in [0.25, 0.3) is 0 Å². The van der Waals surface area contributed by atoms with Crippen LogP contribution in [0.1, 0.15) is 58.9 Å². The van der Waals surface area contributed by atoms with Gasteiger partial charge < -0.3 is 31.9 Å². The van der Waals surface area contributed by atoms with E-state index in [1.807, 2.05) is 36.4 Å². The highest BCUT2D eigenvalue weighted by Gasteiger charge is 2.17. The second kappa shape index (κ2) is 13.5. The summed E-state index contributed by atoms with van der Waals surface area (Å²) in [5.41, 5.74) is 2.31. The highest BCUT2D eigenvalue weighted by molar-refractivity contribution is 5.63. The van der Waals surface area contributed by atoms with Crippen LogP contribution in [0.4, 0.5) is 0 Å². The first-order chi connectivity index (χ1) is 21.6. The maximum Gasteiger partial charge on any atom is 0.422 e. The van der Waals surface area contributed by atoms with Crippen molar-refractivity contribution >= 4 is 24.3 Å². The third kappa shape index (κ3) is 7.37. The molecule has 0 spiro atoms. The number of benzene rings is 1. The van der Waals surface area contributed by atoms with Gasteiger partial charge in [0.05, 0.1) is 24.8 Å². The van der Waals surface area contributed by atoms with Gasteiger partial charge in [0, 0.05) is 18.6 Å². The standard InChI is InChI=1S/C33H29N3O8/c37-32-29(44-33(38)36(32)19-24-20-42-30(34-24)15-13-26-6-3-17-39-26)8-2-1-5-23-9-11-28(12-10-23)41-21-25-22-43-31(35-25)16-14-27-7-4-18-40-27/h3-4,6-7,9-18,20,22,37H,1-2,5,8,19,21H2. The molecular formula is C33H29N3O8. The van der Waals surface area contributed by atoms with Gasteiger partial charge in [0.15, 0.2) is 5.76 Å². The van der Waals surface area contributed by atoms with Gasteiger partial charge >= 0.3 is 5.76 Å². The first-order valence-corrected chi connectivity index (χ1v) is 14.0. The molecule has 44 heavy (non-hydrogen) atoms. The molecule has 11 nitrogen and oxygen atoms in total. The number of aryl methyl sites for hydroxylation is 2. The number of ether oxygens (including phenoxy) is 1. The van der Waals surface area contributed by atoms with Crippen LogP contribution in [0.15, 0.2) is 100 Å². The van der Waals surface area contributed by atoms with Crippen molar-refractivity contribution in [1.29, 1.82) is 0 Å². The third-order valence-electron chi connectivity index (χ3n) is 6.69. The molecule has 5 heterocycles. The van der Waals surface area contributed by atoms with Gasteiger partial charge in [-0.15, -0.1) is 0 Å². The second-order valence-electron chi connectivity index (χ2n) is 9.89. The minimum absolute atomic E-state index is 0.0291. The van der Waals surface area contributed by atoms with E-state index in [0.717, 1.165) is 40.9 Å². The fourth-order valence-electron chi connectivity index (χ4n) is 4.45. The van der Waals surface area contributed by atoms with E-state index in [0.29, 0.717) is 35.4 Å². The number of hydrogen-bond donors (Lipinski definition) is 1. The van der Waals surface area contributed by atoms with Crippen molar-refractivity contribution in [1.82, 2.24) is 14.5 Å². The third-order valence-corrected chi connectivity index (χ3v) is 6.69. The summed E-state index contributed by atoms with van der Waals surface area (Å²) in [6.45, 7) is 0.313. The summed E-state index contributed by atoms with van der Waals surface area (Å²) in [6.07, 6.45) is 15.9. The zero-order chi connectivity index (χ0) is 30.1. The molecule has 0 aliphatic rings. The average Bonchev–Trinajstić information content (AvgIpc) is 3.88. The Labute approximate surface area is 251 Å². The van der Waals surface area contributed by atoms with E-state index >= 15 is 0 Å². The van der Waals surface area contributed by atoms with Crippen LogP contribution in [0.5, 0.6) is 11.6 Å². The smallest absolute Gasteiger partial charge is 0.422 e. The minimum Gasteiger partial charge on any atom is -0.492 e. The van der Waals surface area contributed by atoms with E-state index in [4.69, 9.17) is 26.8 Å².